The zero-order chi connectivity index (χ0) is 20.0. The van der Waals surface area contributed by atoms with Crippen molar-refractivity contribution in [3.8, 4) is 0 Å². The number of aliphatic hydroxyl groups excluding tert-OH is 1. The number of aliphatic hydroxyl groups is 1. The summed E-state index contributed by atoms with van der Waals surface area (Å²) in [7, 11) is 0. The third-order valence-electron chi connectivity index (χ3n) is 4.71. The molecule has 1 aliphatic rings. The number of halogens is 6. The second-order valence-electron chi connectivity index (χ2n) is 6.52. The van der Waals surface area contributed by atoms with Crippen LogP contribution in [0.1, 0.15) is 24.8 Å². The molecule has 2 aromatic rings. The monoisotopic (exact) mass is 394 g/mol. The molecule has 0 aliphatic carbocycles. The zero-order valence-electron chi connectivity index (χ0n) is 13.9. The SMILES string of the molecule is O=c1cc(C(F)(F)F)c2cc(N3CCCC[C@@H]3[C@@H](O)C(F)(F)F)ccc2[nH]1. The first kappa shape index (κ1) is 19.5. The minimum absolute atomic E-state index is 0.0659. The van der Waals surface area contributed by atoms with Gasteiger partial charge in [0.2, 0.25) is 5.56 Å². The summed E-state index contributed by atoms with van der Waals surface area (Å²) in [6, 6.07) is 2.82. The number of aromatic amines is 1. The van der Waals surface area contributed by atoms with Crippen molar-refractivity contribution in [1.29, 1.82) is 0 Å². The summed E-state index contributed by atoms with van der Waals surface area (Å²) in [5.74, 6) is 0. The third kappa shape index (κ3) is 3.90. The molecule has 1 saturated heterocycles. The molecule has 2 atom stereocenters. The van der Waals surface area contributed by atoms with Crippen LogP contribution in [0.5, 0.6) is 0 Å². The normalized spacial score (nSPS) is 20.1. The van der Waals surface area contributed by atoms with E-state index in [2.05, 4.69) is 4.98 Å². The predicted octanol–water partition coefficient (Wildman–Crippen LogP) is 3.83. The summed E-state index contributed by atoms with van der Waals surface area (Å²) in [6.07, 6.45) is -11.1. The number of alkyl halides is 6. The van der Waals surface area contributed by atoms with Crippen molar-refractivity contribution in [3.63, 3.8) is 0 Å². The first-order chi connectivity index (χ1) is 12.5. The summed E-state index contributed by atoms with van der Waals surface area (Å²) in [6.45, 7) is 0.175. The van der Waals surface area contributed by atoms with E-state index in [4.69, 9.17) is 0 Å². The Kier molecular flexibility index (Phi) is 4.87. The van der Waals surface area contributed by atoms with E-state index in [-0.39, 0.29) is 29.6 Å². The molecule has 2 heterocycles. The second kappa shape index (κ2) is 6.74. The van der Waals surface area contributed by atoms with Gasteiger partial charge in [-0.25, -0.2) is 0 Å². The first-order valence-corrected chi connectivity index (χ1v) is 8.24. The minimum atomic E-state index is -4.83. The lowest BCUT2D eigenvalue weighted by molar-refractivity contribution is -0.211. The van der Waals surface area contributed by atoms with Gasteiger partial charge in [0.05, 0.1) is 11.6 Å². The number of anilines is 1. The van der Waals surface area contributed by atoms with Crippen molar-refractivity contribution in [2.75, 3.05) is 11.4 Å². The van der Waals surface area contributed by atoms with Crippen LogP contribution in [0.25, 0.3) is 10.9 Å². The quantitative estimate of drug-likeness (QED) is 0.762. The highest BCUT2D eigenvalue weighted by Crippen LogP contribution is 2.37. The molecule has 4 nitrogen and oxygen atoms in total. The highest BCUT2D eigenvalue weighted by Gasteiger charge is 2.46. The number of piperidine rings is 1. The summed E-state index contributed by atoms with van der Waals surface area (Å²) in [4.78, 5) is 15.0. The lowest BCUT2D eigenvalue weighted by atomic mass is 9.95. The van der Waals surface area contributed by atoms with E-state index in [9.17, 15) is 36.2 Å². The van der Waals surface area contributed by atoms with Gasteiger partial charge in [-0.1, -0.05) is 0 Å². The van der Waals surface area contributed by atoms with Crippen LogP contribution in [-0.4, -0.2) is 35.0 Å². The summed E-state index contributed by atoms with van der Waals surface area (Å²) >= 11 is 0. The Labute approximate surface area is 149 Å². The van der Waals surface area contributed by atoms with Gasteiger partial charge in [0.15, 0.2) is 6.10 Å². The molecular weight excluding hydrogens is 378 g/mol. The summed E-state index contributed by atoms with van der Waals surface area (Å²) in [5, 5.41) is 9.37. The Bertz CT molecular complexity index is 890. The van der Waals surface area contributed by atoms with Crippen LogP contribution in [-0.2, 0) is 6.18 Å². The van der Waals surface area contributed by atoms with E-state index in [1.54, 1.807) is 0 Å². The fraction of sp³-hybridized carbons (Fsp3) is 0.471. The van der Waals surface area contributed by atoms with Crippen molar-refractivity contribution in [2.24, 2.45) is 0 Å². The molecular formula is C17H16F6N2O2. The highest BCUT2D eigenvalue weighted by molar-refractivity contribution is 5.86. The minimum Gasteiger partial charge on any atom is -0.382 e. The van der Waals surface area contributed by atoms with Gasteiger partial charge in [0.25, 0.3) is 0 Å². The van der Waals surface area contributed by atoms with E-state index in [0.29, 0.717) is 18.9 Å². The van der Waals surface area contributed by atoms with Gasteiger partial charge < -0.3 is 15.0 Å². The van der Waals surface area contributed by atoms with Gasteiger partial charge in [-0.3, -0.25) is 4.79 Å². The zero-order valence-corrected chi connectivity index (χ0v) is 13.9. The van der Waals surface area contributed by atoms with Gasteiger partial charge in [0.1, 0.15) is 0 Å². The molecule has 1 aromatic heterocycles. The number of hydrogen-bond acceptors (Lipinski definition) is 3. The van der Waals surface area contributed by atoms with Crippen molar-refractivity contribution < 1.29 is 31.4 Å². The molecule has 0 unspecified atom stereocenters. The van der Waals surface area contributed by atoms with Crippen LogP contribution in [0.3, 0.4) is 0 Å². The smallest absolute Gasteiger partial charge is 0.382 e. The largest absolute Gasteiger partial charge is 0.417 e. The number of hydrogen-bond donors (Lipinski definition) is 2. The van der Waals surface area contributed by atoms with Crippen LogP contribution in [0.15, 0.2) is 29.1 Å². The van der Waals surface area contributed by atoms with Crippen LogP contribution in [0, 0.1) is 0 Å². The van der Waals surface area contributed by atoms with Gasteiger partial charge in [-0.15, -0.1) is 0 Å². The van der Waals surface area contributed by atoms with Crippen molar-refractivity contribution in [3.05, 3.63) is 40.2 Å². The molecule has 0 spiro atoms. The number of aromatic nitrogens is 1. The van der Waals surface area contributed by atoms with Crippen LogP contribution < -0.4 is 10.5 Å². The Morgan fingerprint density at radius 2 is 1.81 bits per heavy atom. The molecule has 0 bridgehead atoms. The molecule has 1 aromatic carbocycles. The molecule has 2 N–H and O–H groups in total. The maximum absolute atomic E-state index is 13.3. The van der Waals surface area contributed by atoms with E-state index < -0.39 is 35.6 Å². The molecule has 0 amide bonds. The lowest BCUT2D eigenvalue weighted by Crippen LogP contribution is -2.52. The van der Waals surface area contributed by atoms with E-state index in [1.165, 1.54) is 17.0 Å². The summed E-state index contributed by atoms with van der Waals surface area (Å²) in [5.41, 5.74) is -2.02. The Balaban J connectivity index is 2.10. The molecule has 1 fully saturated rings. The van der Waals surface area contributed by atoms with Crippen LogP contribution >= 0.6 is 0 Å². The average molecular weight is 394 g/mol. The Morgan fingerprint density at radius 1 is 1.11 bits per heavy atom. The predicted molar refractivity (Wildman–Crippen MR) is 86.6 cm³/mol. The maximum atomic E-state index is 13.3. The molecule has 0 saturated carbocycles. The number of H-pyrrole nitrogens is 1. The fourth-order valence-corrected chi connectivity index (χ4v) is 3.48. The van der Waals surface area contributed by atoms with Crippen molar-refractivity contribution in [2.45, 2.75) is 43.8 Å². The summed E-state index contributed by atoms with van der Waals surface area (Å²) < 4.78 is 78.8. The van der Waals surface area contributed by atoms with Gasteiger partial charge in [0, 0.05) is 29.2 Å². The number of nitrogens with zero attached hydrogens (tertiary/aromatic N) is 1. The van der Waals surface area contributed by atoms with E-state index >= 15 is 0 Å². The molecule has 1 aliphatic heterocycles. The highest BCUT2D eigenvalue weighted by atomic mass is 19.4. The number of benzene rings is 1. The maximum Gasteiger partial charge on any atom is 0.417 e. The lowest BCUT2D eigenvalue weighted by Gasteiger charge is -2.40. The van der Waals surface area contributed by atoms with Gasteiger partial charge in [-0.2, -0.15) is 26.3 Å². The number of nitrogens with one attached hydrogen (secondary N) is 1. The van der Waals surface area contributed by atoms with Gasteiger partial charge >= 0.3 is 12.4 Å². The standard InChI is InChI=1S/C17H16F6N2O2/c18-16(19,20)11-8-14(26)24-12-5-4-9(7-10(11)12)25-6-2-1-3-13(25)15(27)17(21,22)23/h4-5,7-8,13,15,27H,1-3,6H2,(H,24,26)/t13-,15-/m1/s1. The van der Waals surface area contributed by atoms with Crippen molar-refractivity contribution >= 4 is 16.6 Å². The second-order valence-corrected chi connectivity index (χ2v) is 6.52. The van der Waals surface area contributed by atoms with Gasteiger partial charge in [-0.05, 0) is 37.5 Å². The number of fused-ring (bicyclic) bond motifs is 1. The fourth-order valence-electron chi connectivity index (χ4n) is 3.48. The van der Waals surface area contributed by atoms with E-state index in [1.807, 2.05) is 0 Å². The average Bonchev–Trinajstić information content (AvgIpc) is 2.58. The Morgan fingerprint density at radius 3 is 2.44 bits per heavy atom. The van der Waals surface area contributed by atoms with Crippen molar-refractivity contribution in [1.82, 2.24) is 4.98 Å². The Hall–Kier alpha value is -2.23. The number of pyridine rings is 1. The molecule has 10 heteroatoms. The molecule has 148 valence electrons. The van der Waals surface area contributed by atoms with Crippen LogP contribution in [0.2, 0.25) is 0 Å². The third-order valence-corrected chi connectivity index (χ3v) is 4.71. The van der Waals surface area contributed by atoms with Crippen LogP contribution in [0.4, 0.5) is 32.0 Å². The molecule has 27 heavy (non-hydrogen) atoms. The topological polar surface area (TPSA) is 56.3 Å². The molecule has 0 radical (unpaired) electrons. The number of rotatable bonds is 2. The first-order valence-electron chi connectivity index (χ1n) is 8.24. The molecule has 3 rings (SSSR count). The van der Waals surface area contributed by atoms with E-state index in [0.717, 1.165) is 6.07 Å².